The summed E-state index contributed by atoms with van der Waals surface area (Å²) in [4.78, 5) is 11.8. The molecule has 1 aliphatic rings. The number of halogens is 2. The molecule has 6 heteroatoms. The first-order valence-corrected chi connectivity index (χ1v) is 4.77. The summed E-state index contributed by atoms with van der Waals surface area (Å²) in [6, 6.07) is -0.371. The summed E-state index contributed by atoms with van der Waals surface area (Å²) in [5.41, 5.74) is 0. The lowest BCUT2D eigenvalue weighted by molar-refractivity contribution is -0.137. The zero-order chi connectivity index (χ0) is 11.5. The van der Waals surface area contributed by atoms with Crippen LogP contribution in [-0.2, 0) is 9.53 Å². The minimum absolute atomic E-state index is 0.115. The van der Waals surface area contributed by atoms with E-state index in [2.05, 4.69) is 0 Å². The van der Waals surface area contributed by atoms with Crippen LogP contribution in [0.25, 0.3) is 0 Å². The van der Waals surface area contributed by atoms with Crippen LogP contribution in [-0.4, -0.2) is 54.7 Å². The first-order chi connectivity index (χ1) is 6.94. The van der Waals surface area contributed by atoms with Crippen LogP contribution in [0.3, 0.4) is 0 Å². The maximum Gasteiger partial charge on any atom is 0.304 e. The molecular formula is C9H15F2NO3. The van der Waals surface area contributed by atoms with Gasteiger partial charge in [-0.25, -0.2) is 8.78 Å². The molecule has 0 unspecified atom stereocenters. The van der Waals surface area contributed by atoms with Gasteiger partial charge in [0.05, 0.1) is 19.6 Å². The SMILES string of the molecule is COC[C@H]1CC(F)(F)CN1CCC(=O)O. The Balaban J connectivity index is 2.49. The van der Waals surface area contributed by atoms with Crippen molar-refractivity contribution in [1.82, 2.24) is 4.90 Å². The lowest BCUT2D eigenvalue weighted by atomic mass is 10.2. The van der Waals surface area contributed by atoms with Crippen molar-refractivity contribution >= 4 is 5.97 Å². The Bertz CT molecular complexity index is 235. The van der Waals surface area contributed by atoms with Crippen molar-refractivity contribution < 1.29 is 23.4 Å². The normalized spacial score (nSPS) is 25.7. The molecule has 4 nitrogen and oxygen atoms in total. The van der Waals surface area contributed by atoms with Crippen molar-refractivity contribution in [3.63, 3.8) is 0 Å². The van der Waals surface area contributed by atoms with E-state index in [1.807, 2.05) is 0 Å². The molecule has 0 aromatic carbocycles. The second-order valence-electron chi connectivity index (χ2n) is 3.78. The predicted octanol–water partition coefficient (Wildman–Crippen LogP) is 0.817. The number of rotatable bonds is 5. The standard InChI is InChI=1S/C9H15F2NO3/c1-15-5-7-4-9(10,11)6-12(7)3-2-8(13)14/h7H,2-6H2,1H3,(H,13,14)/t7-/m1/s1. The minimum Gasteiger partial charge on any atom is -0.481 e. The molecule has 0 aliphatic carbocycles. The Labute approximate surface area is 86.8 Å². The number of carbonyl (C=O) groups is 1. The third-order valence-electron chi connectivity index (χ3n) is 2.46. The van der Waals surface area contributed by atoms with Crippen molar-refractivity contribution in [3.05, 3.63) is 0 Å². The second kappa shape index (κ2) is 4.85. The van der Waals surface area contributed by atoms with Gasteiger partial charge in [-0.05, 0) is 0 Å². The van der Waals surface area contributed by atoms with Gasteiger partial charge in [0.2, 0.25) is 0 Å². The number of methoxy groups -OCH3 is 1. The first kappa shape index (κ1) is 12.3. The van der Waals surface area contributed by atoms with Crippen LogP contribution in [0, 0.1) is 0 Å². The Morgan fingerprint density at radius 2 is 2.33 bits per heavy atom. The Morgan fingerprint density at radius 1 is 1.67 bits per heavy atom. The molecule has 1 heterocycles. The lowest BCUT2D eigenvalue weighted by Gasteiger charge is -2.21. The Hall–Kier alpha value is -0.750. The van der Waals surface area contributed by atoms with Gasteiger partial charge in [0.25, 0.3) is 5.92 Å². The molecule has 0 aromatic heterocycles. The molecule has 1 atom stereocenters. The van der Waals surface area contributed by atoms with Crippen LogP contribution < -0.4 is 0 Å². The average molecular weight is 223 g/mol. The van der Waals surface area contributed by atoms with Gasteiger partial charge in [-0.1, -0.05) is 0 Å². The molecule has 1 saturated heterocycles. The number of hydrogen-bond donors (Lipinski definition) is 1. The third-order valence-corrected chi connectivity index (χ3v) is 2.46. The number of carboxylic acids is 1. The highest BCUT2D eigenvalue weighted by atomic mass is 19.3. The van der Waals surface area contributed by atoms with Crippen LogP contribution in [0.5, 0.6) is 0 Å². The molecule has 1 fully saturated rings. The fourth-order valence-corrected chi connectivity index (χ4v) is 1.82. The molecular weight excluding hydrogens is 208 g/mol. The minimum atomic E-state index is -2.72. The Morgan fingerprint density at radius 3 is 2.87 bits per heavy atom. The summed E-state index contributed by atoms with van der Waals surface area (Å²) in [5, 5.41) is 8.47. The number of alkyl halides is 2. The lowest BCUT2D eigenvalue weighted by Crippen LogP contribution is -2.35. The van der Waals surface area contributed by atoms with Crippen LogP contribution in [0.2, 0.25) is 0 Å². The third kappa shape index (κ3) is 3.71. The molecule has 0 amide bonds. The maximum absolute atomic E-state index is 13.0. The predicted molar refractivity (Wildman–Crippen MR) is 49.1 cm³/mol. The van der Waals surface area contributed by atoms with Gasteiger partial charge in [0.1, 0.15) is 0 Å². The van der Waals surface area contributed by atoms with Gasteiger partial charge in [0.15, 0.2) is 0 Å². The van der Waals surface area contributed by atoms with E-state index in [-0.39, 0.29) is 38.6 Å². The highest BCUT2D eigenvalue weighted by Crippen LogP contribution is 2.31. The number of hydrogen-bond acceptors (Lipinski definition) is 3. The van der Waals surface area contributed by atoms with Gasteiger partial charge in [0, 0.05) is 26.1 Å². The average Bonchev–Trinajstić information content (AvgIpc) is 2.38. The number of carboxylic acid groups (broad SMARTS) is 1. The molecule has 88 valence electrons. The smallest absolute Gasteiger partial charge is 0.304 e. The van der Waals surface area contributed by atoms with E-state index in [1.165, 1.54) is 12.0 Å². The molecule has 1 rings (SSSR count). The highest BCUT2D eigenvalue weighted by molar-refractivity contribution is 5.66. The number of nitrogens with zero attached hydrogens (tertiary/aromatic N) is 1. The second-order valence-corrected chi connectivity index (χ2v) is 3.78. The summed E-state index contributed by atoms with van der Waals surface area (Å²) in [7, 11) is 1.45. The molecule has 0 aromatic rings. The maximum atomic E-state index is 13.0. The summed E-state index contributed by atoms with van der Waals surface area (Å²) >= 11 is 0. The van der Waals surface area contributed by atoms with Gasteiger partial charge in [-0.15, -0.1) is 0 Å². The zero-order valence-electron chi connectivity index (χ0n) is 8.58. The summed E-state index contributed by atoms with van der Waals surface area (Å²) in [6.45, 7) is 0.00245. The monoisotopic (exact) mass is 223 g/mol. The zero-order valence-corrected chi connectivity index (χ0v) is 8.58. The van der Waals surface area contributed by atoms with Crippen molar-refractivity contribution in [2.75, 3.05) is 26.8 Å². The molecule has 0 saturated carbocycles. The van der Waals surface area contributed by atoms with E-state index in [0.717, 1.165) is 0 Å². The van der Waals surface area contributed by atoms with Crippen LogP contribution in [0.15, 0.2) is 0 Å². The quantitative estimate of drug-likeness (QED) is 0.749. The van der Waals surface area contributed by atoms with Crippen molar-refractivity contribution in [2.24, 2.45) is 0 Å². The van der Waals surface area contributed by atoms with Gasteiger partial charge >= 0.3 is 5.97 Å². The van der Waals surface area contributed by atoms with Gasteiger partial charge in [-0.3, -0.25) is 9.69 Å². The number of ether oxygens (including phenoxy) is 1. The number of aliphatic carboxylic acids is 1. The van der Waals surface area contributed by atoms with E-state index < -0.39 is 11.9 Å². The van der Waals surface area contributed by atoms with Crippen molar-refractivity contribution in [1.29, 1.82) is 0 Å². The number of likely N-dealkylation sites (tertiary alicyclic amines) is 1. The van der Waals surface area contributed by atoms with Crippen molar-refractivity contribution in [3.8, 4) is 0 Å². The van der Waals surface area contributed by atoms with E-state index in [1.54, 1.807) is 0 Å². The topological polar surface area (TPSA) is 49.8 Å². The van der Waals surface area contributed by atoms with Crippen LogP contribution >= 0.6 is 0 Å². The first-order valence-electron chi connectivity index (χ1n) is 4.77. The largest absolute Gasteiger partial charge is 0.481 e. The molecule has 1 N–H and O–H groups in total. The molecule has 0 bridgehead atoms. The van der Waals surface area contributed by atoms with Gasteiger partial charge in [-0.2, -0.15) is 0 Å². The highest BCUT2D eigenvalue weighted by Gasteiger charge is 2.44. The fraction of sp³-hybridized carbons (Fsp3) is 0.889. The molecule has 0 radical (unpaired) electrons. The molecule has 1 aliphatic heterocycles. The van der Waals surface area contributed by atoms with Crippen molar-refractivity contribution in [2.45, 2.75) is 24.8 Å². The fourth-order valence-electron chi connectivity index (χ4n) is 1.82. The van der Waals surface area contributed by atoms with Crippen LogP contribution in [0.4, 0.5) is 8.78 Å². The van der Waals surface area contributed by atoms with Crippen LogP contribution in [0.1, 0.15) is 12.8 Å². The summed E-state index contributed by atoms with van der Waals surface area (Å²) in [5.74, 6) is -3.69. The van der Waals surface area contributed by atoms with E-state index >= 15 is 0 Å². The van der Waals surface area contributed by atoms with Gasteiger partial charge < -0.3 is 9.84 Å². The van der Waals surface area contributed by atoms with E-state index in [0.29, 0.717) is 0 Å². The van der Waals surface area contributed by atoms with E-state index in [9.17, 15) is 13.6 Å². The molecule has 15 heavy (non-hydrogen) atoms. The molecule has 0 spiro atoms. The summed E-state index contributed by atoms with van der Waals surface area (Å²) in [6.07, 6.45) is -0.364. The van der Waals surface area contributed by atoms with E-state index in [4.69, 9.17) is 9.84 Å². The Kier molecular flexibility index (Phi) is 3.98. The summed E-state index contributed by atoms with van der Waals surface area (Å²) < 4.78 is 30.9.